The Morgan fingerprint density at radius 2 is 1.85 bits per heavy atom. The van der Waals surface area contributed by atoms with Gasteiger partial charge in [0.05, 0.1) is 17.0 Å². The molecule has 1 unspecified atom stereocenters. The van der Waals surface area contributed by atoms with Gasteiger partial charge in [-0.2, -0.15) is 0 Å². The van der Waals surface area contributed by atoms with Gasteiger partial charge in [0.15, 0.2) is 0 Å². The van der Waals surface area contributed by atoms with Crippen LogP contribution in [0.1, 0.15) is 5.56 Å². The number of hydrogen-bond donors (Lipinski definition) is 0. The average Bonchev–Trinajstić information content (AvgIpc) is 2.04. The van der Waals surface area contributed by atoms with E-state index in [2.05, 4.69) is 0 Å². The number of aryl methyl sites for hydroxylation is 1. The molecule has 1 rings (SSSR count). The van der Waals surface area contributed by atoms with E-state index in [1.165, 1.54) is 0 Å². The molecule has 0 aromatic heterocycles. The minimum atomic E-state index is -2.42. The van der Waals surface area contributed by atoms with Crippen LogP contribution in [0.3, 0.4) is 0 Å². The monoisotopic (exact) mass is 227 g/mol. The van der Waals surface area contributed by atoms with E-state index in [4.69, 9.17) is 11.8 Å². The second-order valence-corrected chi connectivity index (χ2v) is 3.64. The van der Waals surface area contributed by atoms with Gasteiger partial charge in [-0.1, -0.05) is 17.7 Å². The Morgan fingerprint density at radius 1 is 1.38 bits per heavy atom. The van der Waals surface area contributed by atoms with Crippen LogP contribution in [0.2, 0.25) is 0 Å². The molecule has 0 amide bonds. The molecule has 0 aliphatic rings. The molecule has 1 atom stereocenters. The number of hydrogen-bond acceptors (Lipinski definition) is 2. The van der Waals surface area contributed by atoms with Gasteiger partial charge in [-0.05, 0) is 19.1 Å². The normalized spacial score (nSPS) is 11.6. The summed E-state index contributed by atoms with van der Waals surface area (Å²) in [6, 6.07) is 6.85. The first-order valence-electron chi connectivity index (χ1n) is 3.23. The molecule has 0 saturated heterocycles. The van der Waals surface area contributed by atoms with Gasteiger partial charge >= 0.3 is 29.6 Å². The van der Waals surface area contributed by atoms with Crippen LogP contribution in [0.5, 0.6) is 0 Å². The molecular formula is C7H7ClNNaO2S. The fourth-order valence-corrected chi connectivity index (χ4v) is 1.15. The molecule has 0 heterocycles. The number of benzene rings is 1. The van der Waals surface area contributed by atoms with Crippen molar-refractivity contribution < 1.29 is 38.3 Å². The largest absolute Gasteiger partial charge is 1.00 e. The van der Waals surface area contributed by atoms with E-state index in [1.807, 2.05) is 6.92 Å². The van der Waals surface area contributed by atoms with E-state index >= 15 is 0 Å². The van der Waals surface area contributed by atoms with Crippen molar-refractivity contribution in [3.05, 3.63) is 29.8 Å². The summed E-state index contributed by atoms with van der Waals surface area (Å²) in [6.45, 7) is 1.91. The Kier molecular flexibility index (Phi) is 6.20. The molecule has 3 nitrogen and oxygen atoms in total. The van der Waals surface area contributed by atoms with Crippen molar-refractivity contribution in [1.82, 2.24) is 0 Å². The van der Waals surface area contributed by atoms with Gasteiger partial charge in [-0.3, -0.25) is 4.21 Å². The van der Waals surface area contributed by atoms with Crippen molar-refractivity contribution in [3.63, 3.8) is 0 Å². The fraction of sp³-hybridized carbons (Fsp3) is 0.143. The zero-order valence-corrected chi connectivity index (χ0v) is 10.9. The Hall–Kier alpha value is 0.420. The Balaban J connectivity index is 0.00000144. The Labute approximate surface area is 107 Å². The predicted octanol–water partition coefficient (Wildman–Crippen LogP) is -1.25. The van der Waals surface area contributed by atoms with Crippen molar-refractivity contribution >= 4 is 28.7 Å². The van der Waals surface area contributed by atoms with Crippen molar-refractivity contribution in [2.24, 2.45) is 0 Å². The molecule has 0 bridgehead atoms. The van der Waals surface area contributed by atoms with Crippen LogP contribution in [0.4, 0.5) is 5.69 Å². The maximum atomic E-state index is 10.4. The Bertz CT molecular complexity index is 293. The van der Waals surface area contributed by atoms with Crippen LogP contribution in [0.15, 0.2) is 24.3 Å². The molecule has 66 valence electrons. The maximum Gasteiger partial charge on any atom is 1.00 e. The molecule has 0 aliphatic heterocycles. The molecule has 1 aromatic rings. The minimum absolute atomic E-state index is 0. The SMILES string of the molecule is Cc1ccc(N(Cl)S(=O)[O-])cc1.[Na+]. The summed E-state index contributed by atoms with van der Waals surface area (Å²) in [6.07, 6.45) is 0. The van der Waals surface area contributed by atoms with E-state index in [0.29, 0.717) is 9.51 Å². The summed E-state index contributed by atoms with van der Waals surface area (Å²) < 4.78 is 21.4. The van der Waals surface area contributed by atoms with Crippen molar-refractivity contribution in [1.29, 1.82) is 0 Å². The summed E-state index contributed by atoms with van der Waals surface area (Å²) in [5, 5.41) is 0. The predicted molar refractivity (Wildman–Crippen MR) is 48.4 cm³/mol. The molecule has 0 saturated carbocycles. The van der Waals surface area contributed by atoms with Crippen LogP contribution in [-0.4, -0.2) is 8.76 Å². The maximum absolute atomic E-state index is 10.4. The summed E-state index contributed by atoms with van der Waals surface area (Å²) in [5.74, 6) is 0. The van der Waals surface area contributed by atoms with Gasteiger partial charge in [0.1, 0.15) is 0 Å². The Morgan fingerprint density at radius 3 is 2.23 bits per heavy atom. The zero-order chi connectivity index (χ0) is 9.14. The molecule has 0 fully saturated rings. The minimum Gasteiger partial charge on any atom is -0.754 e. The standard InChI is InChI=1S/C7H8ClNO2S.Na/c1-6-2-4-7(5-3-6)9(8)12(10)11;/h2-5H,1H3,(H,10,11);/q;+1/p-1. The molecule has 1 aromatic carbocycles. The first kappa shape index (κ1) is 13.4. The molecule has 13 heavy (non-hydrogen) atoms. The third-order valence-electron chi connectivity index (χ3n) is 1.37. The summed E-state index contributed by atoms with van der Waals surface area (Å²) in [4.78, 5) is 0. The van der Waals surface area contributed by atoms with E-state index in [9.17, 15) is 8.76 Å². The van der Waals surface area contributed by atoms with E-state index < -0.39 is 11.3 Å². The molecule has 0 radical (unpaired) electrons. The van der Waals surface area contributed by atoms with Gasteiger partial charge in [0.2, 0.25) is 0 Å². The molecule has 0 aliphatic carbocycles. The number of rotatable bonds is 2. The van der Waals surface area contributed by atoms with Gasteiger partial charge in [-0.15, -0.1) is 0 Å². The van der Waals surface area contributed by atoms with Gasteiger partial charge in [-0.25, -0.2) is 3.82 Å². The number of anilines is 1. The van der Waals surface area contributed by atoms with E-state index in [1.54, 1.807) is 24.3 Å². The number of halogens is 1. The first-order chi connectivity index (χ1) is 5.61. The molecular weight excluding hydrogens is 221 g/mol. The molecule has 0 N–H and O–H groups in total. The van der Waals surface area contributed by atoms with E-state index in [-0.39, 0.29) is 29.6 Å². The van der Waals surface area contributed by atoms with Gasteiger partial charge < -0.3 is 4.55 Å². The number of nitrogens with zero attached hydrogens (tertiary/aromatic N) is 1. The summed E-state index contributed by atoms with van der Waals surface area (Å²) >= 11 is 2.99. The van der Waals surface area contributed by atoms with Gasteiger partial charge in [0.25, 0.3) is 0 Å². The van der Waals surface area contributed by atoms with Crippen molar-refractivity contribution in [2.75, 3.05) is 3.82 Å². The van der Waals surface area contributed by atoms with Crippen molar-refractivity contribution in [3.8, 4) is 0 Å². The third-order valence-corrected chi connectivity index (χ3v) is 2.37. The van der Waals surface area contributed by atoms with Crippen LogP contribution < -0.4 is 33.4 Å². The summed E-state index contributed by atoms with van der Waals surface area (Å²) in [7, 11) is 0. The average molecular weight is 228 g/mol. The van der Waals surface area contributed by atoms with Gasteiger partial charge in [0, 0.05) is 11.8 Å². The van der Waals surface area contributed by atoms with Crippen LogP contribution in [0.25, 0.3) is 0 Å². The topological polar surface area (TPSA) is 43.4 Å². The molecule has 6 heteroatoms. The smallest absolute Gasteiger partial charge is 0.754 e. The van der Waals surface area contributed by atoms with Crippen LogP contribution in [-0.2, 0) is 11.3 Å². The second kappa shape index (κ2) is 6.01. The summed E-state index contributed by atoms with van der Waals surface area (Å²) in [5.41, 5.74) is 1.50. The zero-order valence-electron chi connectivity index (χ0n) is 7.36. The van der Waals surface area contributed by atoms with Crippen molar-refractivity contribution in [2.45, 2.75) is 6.92 Å². The first-order valence-corrected chi connectivity index (χ1v) is 4.60. The second-order valence-electron chi connectivity index (χ2n) is 2.30. The van der Waals surface area contributed by atoms with E-state index in [0.717, 1.165) is 5.56 Å². The van der Waals surface area contributed by atoms with Crippen LogP contribution >= 0.6 is 11.8 Å². The third kappa shape index (κ3) is 3.97. The van der Waals surface area contributed by atoms with Crippen LogP contribution in [0, 0.1) is 6.92 Å². The fourth-order valence-electron chi connectivity index (χ4n) is 0.748. The molecule has 0 spiro atoms. The quantitative estimate of drug-likeness (QED) is 0.360.